The van der Waals surface area contributed by atoms with Crippen molar-refractivity contribution in [2.24, 2.45) is 0 Å². The van der Waals surface area contributed by atoms with Crippen LogP contribution in [0.5, 0.6) is 11.5 Å². The van der Waals surface area contributed by atoms with Gasteiger partial charge in [-0.1, -0.05) is 66.7 Å². The first kappa shape index (κ1) is 26.3. The molecule has 0 aliphatic carbocycles. The van der Waals surface area contributed by atoms with Crippen molar-refractivity contribution in [1.82, 2.24) is 5.32 Å². The van der Waals surface area contributed by atoms with E-state index in [4.69, 9.17) is 27.0 Å². The first-order chi connectivity index (χ1) is 15.7. The lowest BCUT2D eigenvalue weighted by atomic mass is 9.88. The normalized spacial score (nSPS) is 11.9. The van der Waals surface area contributed by atoms with Crippen LogP contribution >= 0.6 is 0 Å². The fourth-order valence-electron chi connectivity index (χ4n) is 3.58. The van der Waals surface area contributed by atoms with Crippen molar-refractivity contribution >= 4 is 10.4 Å². The van der Waals surface area contributed by atoms with Crippen molar-refractivity contribution in [2.75, 3.05) is 20.8 Å². The molecule has 0 amide bonds. The van der Waals surface area contributed by atoms with Gasteiger partial charge in [-0.3, -0.25) is 9.11 Å². The van der Waals surface area contributed by atoms with E-state index in [1.54, 1.807) is 14.2 Å². The number of ether oxygens (including phenoxy) is 2. The third-order valence-electron chi connectivity index (χ3n) is 5.20. The first-order valence-electron chi connectivity index (χ1n) is 10.5. The molecule has 3 N–H and O–H groups in total. The molecule has 0 radical (unpaired) electrons. The Morgan fingerprint density at radius 2 is 1.27 bits per heavy atom. The molecule has 3 aromatic carbocycles. The quantitative estimate of drug-likeness (QED) is 0.379. The van der Waals surface area contributed by atoms with Gasteiger partial charge in [0.05, 0.1) is 14.2 Å². The Morgan fingerprint density at radius 3 is 1.73 bits per heavy atom. The van der Waals surface area contributed by atoms with Gasteiger partial charge < -0.3 is 14.8 Å². The second-order valence-corrected chi connectivity index (χ2v) is 8.30. The highest BCUT2D eigenvalue weighted by Crippen LogP contribution is 2.31. The van der Waals surface area contributed by atoms with Gasteiger partial charge in [-0.2, -0.15) is 8.42 Å². The van der Waals surface area contributed by atoms with Gasteiger partial charge >= 0.3 is 10.4 Å². The number of hydrogen-bond acceptors (Lipinski definition) is 5. The van der Waals surface area contributed by atoms with E-state index < -0.39 is 10.4 Å². The van der Waals surface area contributed by atoms with Gasteiger partial charge in [-0.05, 0) is 48.7 Å². The summed E-state index contributed by atoms with van der Waals surface area (Å²) in [7, 11) is -1.34. The molecule has 0 fully saturated rings. The summed E-state index contributed by atoms with van der Waals surface area (Å²) in [6.07, 6.45) is 1.03. The molecule has 0 aliphatic heterocycles. The molecule has 0 heterocycles. The maximum atomic E-state index is 8.74. The fourth-order valence-corrected chi connectivity index (χ4v) is 3.58. The van der Waals surface area contributed by atoms with Crippen LogP contribution in [0.3, 0.4) is 0 Å². The largest absolute Gasteiger partial charge is 0.493 e. The summed E-state index contributed by atoms with van der Waals surface area (Å²) in [6.45, 7) is 3.10. The van der Waals surface area contributed by atoms with Gasteiger partial charge in [-0.25, -0.2) is 0 Å². The Balaban J connectivity index is 0.000000696. The lowest BCUT2D eigenvalue weighted by Crippen LogP contribution is -2.22. The highest BCUT2D eigenvalue weighted by Gasteiger charge is 2.15. The minimum Gasteiger partial charge on any atom is -0.493 e. The minimum atomic E-state index is -4.67. The number of methoxy groups -OCH3 is 2. The van der Waals surface area contributed by atoms with Crippen LogP contribution in [0.2, 0.25) is 0 Å². The topological polar surface area (TPSA) is 105 Å². The number of hydrogen-bond donors (Lipinski definition) is 3. The molecular weight excluding hydrogens is 442 g/mol. The summed E-state index contributed by atoms with van der Waals surface area (Å²) in [4.78, 5) is 0. The Labute approximate surface area is 196 Å². The maximum absolute atomic E-state index is 8.74. The Kier molecular flexibility index (Phi) is 10.3. The van der Waals surface area contributed by atoms with Crippen LogP contribution in [-0.4, -0.2) is 38.3 Å². The minimum absolute atomic E-state index is 0.229. The molecule has 7 nitrogen and oxygen atoms in total. The average Bonchev–Trinajstić information content (AvgIpc) is 2.81. The summed E-state index contributed by atoms with van der Waals surface area (Å²) in [5.41, 5.74) is 3.90. The third kappa shape index (κ3) is 9.23. The Morgan fingerprint density at radius 1 is 0.788 bits per heavy atom. The molecule has 1 unspecified atom stereocenters. The lowest BCUT2D eigenvalue weighted by Gasteiger charge is -2.21. The molecule has 0 saturated heterocycles. The van der Waals surface area contributed by atoms with Crippen LogP contribution in [0, 0.1) is 0 Å². The molecule has 178 valence electrons. The van der Waals surface area contributed by atoms with Gasteiger partial charge in [-0.15, -0.1) is 0 Å². The van der Waals surface area contributed by atoms with E-state index in [0.717, 1.165) is 24.5 Å². The average molecular weight is 474 g/mol. The summed E-state index contributed by atoms with van der Waals surface area (Å²) < 4.78 is 42.4. The number of benzene rings is 3. The van der Waals surface area contributed by atoms with Crippen molar-refractivity contribution in [3.63, 3.8) is 0 Å². The first-order valence-corrected chi connectivity index (χ1v) is 11.9. The van der Waals surface area contributed by atoms with E-state index in [-0.39, 0.29) is 6.04 Å². The molecule has 0 aliphatic rings. The van der Waals surface area contributed by atoms with Gasteiger partial charge in [0.1, 0.15) is 0 Å². The van der Waals surface area contributed by atoms with Crippen LogP contribution in [0.25, 0.3) is 0 Å². The van der Waals surface area contributed by atoms with Crippen LogP contribution in [0.4, 0.5) is 0 Å². The molecule has 33 heavy (non-hydrogen) atoms. The fraction of sp³-hybridized carbons (Fsp3) is 0.280. The second-order valence-electron chi connectivity index (χ2n) is 7.40. The van der Waals surface area contributed by atoms with E-state index in [2.05, 4.69) is 79.0 Å². The van der Waals surface area contributed by atoms with Crippen molar-refractivity contribution in [1.29, 1.82) is 0 Å². The predicted molar refractivity (Wildman–Crippen MR) is 129 cm³/mol. The van der Waals surface area contributed by atoms with Gasteiger partial charge in [0, 0.05) is 12.0 Å². The Hall–Kier alpha value is -2.91. The van der Waals surface area contributed by atoms with Crippen LogP contribution in [0.1, 0.15) is 42.0 Å². The van der Waals surface area contributed by atoms with Gasteiger partial charge in [0.25, 0.3) is 0 Å². The molecule has 0 aromatic heterocycles. The van der Waals surface area contributed by atoms with E-state index in [0.29, 0.717) is 5.92 Å². The van der Waals surface area contributed by atoms with Crippen LogP contribution in [-0.2, 0) is 10.4 Å². The Bertz CT molecular complexity index is 1030. The monoisotopic (exact) mass is 473 g/mol. The van der Waals surface area contributed by atoms with Crippen molar-refractivity contribution in [3.05, 3.63) is 95.6 Å². The van der Waals surface area contributed by atoms with Gasteiger partial charge in [0.15, 0.2) is 11.5 Å². The molecule has 0 saturated carbocycles. The van der Waals surface area contributed by atoms with Crippen molar-refractivity contribution in [2.45, 2.75) is 25.3 Å². The van der Waals surface area contributed by atoms with Crippen molar-refractivity contribution < 1.29 is 27.0 Å². The molecule has 8 heteroatoms. The summed E-state index contributed by atoms with van der Waals surface area (Å²) in [6, 6.07) is 27.8. The summed E-state index contributed by atoms with van der Waals surface area (Å²) in [5, 5.41) is 3.66. The standard InChI is InChI=1S/C25H29NO2.H2O4S/c1-19(22-14-15-24(27-2)25(18-22)28-3)26-17-16-23(20-10-6-4-7-11-20)21-12-8-5-9-13-21;1-5(2,3)4/h4-15,18-19,23,26H,16-17H2,1-3H3;(H2,1,2,3,4). The predicted octanol–water partition coefficient (Wildman–Crippen LogP) is 4.92. The smallest absolute Gasteiger partial charge is 0.394 e. The molecule has 1 atom stereocenters. The van der Waals surface area contributed by atoms with E-state index in [1.807, 2.05) is 12.1 Å². The van der Waals surface area contributed by atoms with Gasteiger partial charge in [0.2, 0.25) is 0 Å². The molecule has 0 spiro atoms. The molecule has 3 aromatic rings. The molecular formula is C25H31NO6S. The molecule has 3 rings (SSSR count). The zero-order valence-electron chi connectivity index (χ0n) is 19.0. The summed E-state index contributed by atoms with van der Waals surface area (Å²) >= 11 is 0. The number of rotatable bonds is 9. The highest BCUT2D eigenvalue weighted by atomic mass is 32.3. The summed E-state index contributed by atoms with van der Waals surface area (Å²) in [5.74, 6) is 1.90. The SMILES string of the molecule is COc1ccc(C(C)NCCC(c2ccccc2)c2ccccc2)cc1OC.O=S(=O)(O)O. The van der Waals surface area contributed by atoms with E-state index in [1.165, 1.54) is 16.7 Å². The zero-order valence-corrected chi connectivity index (χ0v) is 19.8. The molecule has 0 bridgehead atoms. The van der Waals surface area contributed by atoms with E-state index in [9.17, 15) is 0 Å². The van der Waals surface area contributed by atoms with Crippen molar-refractivity contribution in [3.8, 4) is 11.5 Å². The number of nitrogens with one attached hydrogen (secondary N) is 1. The second kappa shape index (κ2) is 13.0. The lowest BCUT2D eigenvalue weighted by molar-refractivity contribution is 0.354. The van der Waals surface area contributed by atoms with E-state index >= 15 is 0 Å². The maximum Gasteiger partial charge on any atom is 0.394 e. The zero-order chi connectivity index (χ0) is 24.3. The van der Waals surface area contributed by atoms with Crippen LogP contribution < -0.4 is 14.8 Å². The highest BCUT2D eigenvalue weighted by molar-refractivity contribution is 7.79. The van der Waals surface area contributed by atoms with Crippen LogP contribution in [0.15, 0.2) is 78.9 Å². The third-order valence-corrected chi connectivity index (χ3v) is 5.20.